The summed E-state index contributed by atoms with van der Waals surface area (Å²) < 4.78 is 50.3. The largest absolute Gasteiger partial charge is 0.450 e. The van der Waals surface area contributed by atoms with Crippen molar-refractivity contribution in [1.29, 1.82) is 0 Å². The van der Waals surface area contributed by atoms with Crippen LogP contribution in [0.25, 0.3) is 22.1 Å². The van der Waals surface area contributed by atoms with E-state index in [0.717, 1.165) is 13.0 Å². The van der Waals surface area contributed by atoms with Crippen LogP contribution in [0.4, 0.5) is 13.2 Å². The Morgan fingerprint density at radius 1 is 1.12 bits per heavy atom. The van der Waals surface area contributed by atoms with E-state index in [4.69, 9.17) is 20.8 Å². The van der Waals surface area contributed by atoms with Crippen LogP contribution in [0.3, 0.4) is 0 Å². The predicted molar refractivity (Wildman–Crippen MR) is 89.2 cm³/mol. The molecule has 0 saturated carbocycles. The maximum absolute atomic E-state index is 13.5. The molecule has 0 atom stereocenters. The topological polar surface area (TPSA) is 56.5 Å². The third-order valence-corrected chi connectivity index (χ3v) is 3.77. The first-order valence-electron chi connectivity index (χ1n) is 7.29. The molecule has 1 heterocycles. The van der Waals surface area contributed by atoms with Crippen LogP contribution in [0.15, 0.2) is 51.7 Å². The predicted octanol–water partition coefficient (Wildman–Crippen LogP) is 5.06. The number of benzene rings is 2. The minimum absolute atomic E-state index is 0.0273. The second-order valence-electron chi connectivity index (χ2n) is 5.39. The third kappa shape index (κ3) is 3.43. The molecule has 0 fully saturated rings. The summed E-state index contributed by atoms with van der Waals surface area (Å²) in [7, 11) is 0. The second kappa shape index (κ2) is 6.49. The van der Waals surface area contributed by atoms with E-state index in [1.807, 2.05) is 0 Å². The Morgan fingerprint density at radius 3 is 2.35 bits per heavy atom. The van der Waals surface area contributed by atoms with Gasteiger partial charge in [-0.2, -0.15) is 13.2 Å². The van der Waals surface area contributed by atoms with E-state index in [9.17, 15) is 22.8 Å². The van der Waals surface area contributed by atoms with Crippen LogP contribution in [0.5, 0.6) is 5.75 Å². The van der Waals surface area contributed by atoms with Crippen LogP contribution in [-0.2, 0) is 11.0 Å². The molecule has 3 rings (SSSR count). The number of fused-ring (bicyclic) bond motifs is 1. The van der Waals surface area contributed by atoms with Gasteiger partial charge in [-0.25, -0.2) is 0 Å². The Bertz CT molecular complexity index is 1050. The van der Waals surface area contributed by atoms with E-state index >= 15 is 0 Å². The Kier molecular flexibility index (Phi) is 4.50. The van der Waals surface area contributed by atoms with E-state index in [-0.39, 0.29) is 22.3 Å². The van der Waals surface area contributed by atoms with Crippen LogP contribution in [0.1, 0.15) is 12.7 Å². The first-order valence-corrected chi connectivity index (χ1v) is 7.67. The molecule has 8 heteroatoms. The molecule has 0 saturated heterocycles. The summed E-state index contributed by atoms with van der Waals surface area (Å²) in [5.41, 5.74) is -1.77. The number of ether oxygens (including phenoxy) is 1. The summed E-state index contributed by atoms with van der Waals surface area (Å²) in [6.45, 7) is 1.14. The number of hydrogen-bond donors (Lipinski definition) is 0. The molecule has 26 heavy (non-hydrogen) atoms. The number of esters is 1. The summed E-state index contributed by atoms with van der Waals surface area (Å²) in [5.74, 6) is -2.11. The maximum atomic E-state index is 13.5. The smallest absolute Gasteiger partial charge is 0.450 e. The van der Waals surface area contributed by atoms with E-state index in [2.05, 4.69) is 0 Å². The normalized spacial score (nSPS) is 11.6. The van der Waals surface area contributed by atoms with Crippen LogP contribution in [0.2, 0.25) is 5.02 Å². The number of halogens is 4. The van der Waals surface area contributed by atoms with E-state index < -0.39 is 28.9 Å². The number of hydrogen-bond acceptors (Lipinski definition) is 4. The lowest BCUT2D eigenvalue weighted by Gasteiger charge is -2.13. The molecule has 0 radical (unpaired) electrons. The molecule has 134 valence electrons. The molecule has 0 amide bonds. The highest BCUT2D eigenvalue weighted by Crippen LogP contribution is 2.38. The fourth-order valence-electron chi connectivity index (χ4n) is 2.48. The number of rotatable bonds is 2. The van der Waals surface area contributed by atoms with Gasteiger partial charge in [-0.15, -0.1) is 0 Å². The minimum Gasteiger partial charge on any atom is -0.450 e. The summed E-state index contributed by atoms with van der Waals surface area (Å²) in [4.78, 5) is 23.7. The molecule has 0 aliphatic heterocycles. The van der Waals surface area contributed by atoms with Crippen molar-refractivity contribution in [3.05, 3.63) is 63.5 Å². The van der Waals surface area contributed by atoms with Gasteiger partial charge in [0.1, 0.15) is 11.3 Å². The molecule has 0 bridgehead atoms. The van der Waals surface area contributed by atoms with Crippen molar-refractivity contribution < 1.29 is 27.1 Å². The van der Waals surface area contributed by atoms with Gasteiger partial charge in [0.2, 0.25) is 11.2 Å². The fraction of sp³-hybridized carbons (Fsp3) is 0.111. The molecular formula is C18H10ClF3O4. The molecule has 4 nitrogen and oxygen atoms in total. The molecule has 3 aromatic rings. The molecule has 0 spiro atoms. The zero-order chi connectivity index (χ0) is 19.1. The number of carbonyl (C=O) groups is 1. The van der Waals surface area contributed by atoms with Gasteiger partial charge in [0.25, 0.3) is 0 Å². The molecule has 0 N–H and O–H groups in total. The second-order valence-corrected chi connectivity index (χ2v) is 5.83. The molecule has 0 aliphatic rings. The van der Waals surface area contributed by atoms with Gasteiger partial charge in [-0.3, -0.25) is 9.59 Å². The SMILES string of the molecule is CC(=O)Oc1ccc2c(=O)c(-c3ccc(Cl)cc3)c(C(F)(F)F)oc2c1. The van der Waals surface area contributed by atoms with Gasteiger partial charge in [0, 0.05) is 18.0 Å². The van der Waals surface area contributed by atoms with Crippen molar-refractivity contribution in [1.82, 2.24) is 0 Å². The molecule has 2 aromatic carbocycles. The van der Waals surface area contributed by atoms with Crippen molar-refractivity contribution in [2.75, 3.05) is 0 Å². The quantitative estimate of drug-likeness (QED) is 0.459. The van der Waals surface area contributed by atoms with Crippen LogP contribution >= 0.6 is 11.6 Å². The highest BCUT2D eigenvalue weighted by Gasteiger charge is 2.39. The molecule has 1 aromatic heterocycles. The Balaban J connectivity index is 2.33. The van der Waals surface area contributed by atoms with Crippen molar-refractivity contribution in [2.45, 2.75) is 13.1 Å². The monoisotopic (exact) mass is 382 g/mol. The Labute approximate surface area is 149 Å². The van der Waals surface area contributed by atoms with Gasteiger partial charge >= 0.3 is 12.1 Å². The maximum Gasteiger partial charge on any atom is 0.450 e. The standard InChI is InChI=1S/C18H10ClF3O4/c1-9(23)25-12-6-7-13-14(8-12)26-17(18(20,21)22)15(16(13)24)10-2-4-11(19)5-3-10/h2-8H,1H3. The van der Waals surface area contributed by atoms with Gasteiger partial charge in [-0.05, 0) is 29.8 Å². The zero-order valence-corrected chi connectivity index (χ0v) is 13.9. The van der Waals surface area contributed by atoms with Crippen LogP contribution < -0.4 is 10.2 Å². The summed E-state index contributed by atoms with van der Waals surface area (Å²) >= 11 is 5.76. The molecule has 0 aliphatic carbocycles. The van der Waals surface area contributed by atoms with Gasteiger partial charge in [0.15, 0.2) is 0 Å². The summed E-state index contributed by atoms with van der Waals surface area (Å²) in [6, 6.07) is 9.00. The minimum atomic E-state index is -4.90. The first-order chi connectivity index (χ1) is 12.2. The first kappa shape index (κ1) is 18.0. The fourth-order valence-corrected chi connectivity index (χ4v) is 2.61. The average molecular weight is 383 g/mol. The van der Waals surface area contributed by atoms with Crippen molar-refractivity contribution in [2.24, 2.45) is 0 Å². The van der Waals surface area contributed by atoms with E-state index in [0.29, 0.717) is 5.02 Å². The van der Waals surface area contributed by atoms with Crippen molar-refractivity contribution in [3.8, 4) is 16.9 Å². The lowest BCUT2D eigenvalue weighted by atomic mass is 10.0. The van der Waals surface area contributed by atoms with Gasteiger partial charge in [-0.1, -0.05) is 23.7 Å². The highest BCUT2D eigenvalue weighted by atomic mass is 35.5. The van der Waals surface area contributed by atoms with Crippen LogP contribution in [-0.4, -0.2) is 5.97 Å². The lowest BCUT2D eigenvalue weighted by molar-refractivity contribution is -0.152. The van der Waals surface area contributed by atoms with Crippen molar-refractivity contribution in [3.63, 3.8) is 0 Å². The highest BCUT2D eigenvalue weighted by molar-refractivity contribution is 6.30. The van der Waals surface area contributed by atoms with Gasteiger partial charge < -0.3 is 9.15 Å². The van der Waals surface area contributed by atoms with Gasteiger partial charge in [0.05, 0.1) is 10.9 Å². The average Bonchev–Trinajstić information content (AvgIpc) is 2.54. The Morgan fingerprint density at radius 2 is 1.77 bits per heavy atom. The number of alkyl halides is 3. The van der Waals surface area contributed by atoms with Crippen molar-refractivity contribution >= 4 is 28.5 Å². The Hall–Kier alpha value is -2.80. The van der Waals surface area contributed by atoms with E-state index in [1.54, 1.807) is 0 Å². The number of carbonyl (C=O) groups excluding carboxylic acids is 1. The van der Waals surface area contributed by atoms with Crippen LogP contribution in [0, 0.1) is 0 Å². The summed E-state index contributed by atoms with van der Waals surface area (Å²) in [6.07, 6.45) is -4.90. The zero-order valence-electron chi connectivity index (χ0n) is 13.2. The molecule has 0 unspecified atom stereocenters. The molecular weight excluding hydrogens is 373 g/mol. The summed E-state index contributed by atoms with van der Waals surface area (Å²) in [5, 5.41) is 0.248. The third-order valence-electron chi connectivity index (χ3n) is 3.52. The lowest BCUT2D eigenvalue weighted by Crippen LogP contribution is -2.16. The van der Waals surface area contributed by atoms with E-state index in [1.165, 1.54) is 36.4 Å².